The number of rotatable bonds is 6. The molecule has 2 rings (SSSR count). The molecule has 0 aromatic heterocycles. The Morgan fingerprint density at radius 2 is 1.74 bits per heavy atom. The average Bonchev–Trinajstić information content (AvgIpc) is 2.53. The van der Waals surface area contributed by atoms with Gasteiger partial charge in [-0.3, -0.25) is 9.52 Å². The molecule has 0 aliphatic carbocycles. The molecule has 0 aliphatic rings. The van der Waals surface area contributed by atoms with E-state index in [4.69, 9.17) is 5.11 Å². The quantitative estimate of drug-likeness (QED) is 0.746. The molecule has 2 aromatic carbocycles. The van der Waals surface area contributed by atoms with Crippen LogP contribution >= 0.6 is 0 Å². The summed E-state index contributed by atoms with van der Waals surface area (Å²) in [5.41, 5.74) is 1.33. The smallest absolute Gasteiger partial charge is 0.261 e. The average molecular weight is 334 g/mol. The molecule has 0 unspecified atom stereocenters. The second-order valence-electron chi connectivity index (χ2n) is 4.94. The maximum absolute atomic E-state index is 12.4. The monoisotopic (exact) mass is 334 g/mol. The van der Waals surface area contributed by atoms with Gasteiger partial charge in [-0.05, 0) is 31.2 Å². The third-order valence-corrected chi connectivity index (χ3v) is 4.53. The largest absolute Gasteiger partial charge is 0.395 e. The van der Waals surface area contributed by atoms with Gasteiger partial charge in [0.15, 0.2) is 0 Å². The number of aliphatic hydroxyl groups excluding tert-OH is 1. The van der Waals surface area contributed by atoms with E-state index in [1.807, 2.05) is 6.92 Å². The van der Waals surface area contributed by atoms with Crippen LogP contribution in [0.5, 0.6) is 0 Å². The van der Waals surface area contributed by atoms with Crippen LogP contribution in [0.4, 0.5) is 5.69 Å². The summed E-state index contributed by atoms with van der Waals surface area (Å²) in [7, 11) is -3.79. The molecule has 0 bridgehead atoms. The number of para-hydroxylation sites is 1. The van der Waals surface area contributed by atoms with Crippen molar-refractivity contribution < 1.29 is 18.3 Å². The standard InChI is InChI=1S/C16H18N2O4S/c1-12-6-8-13(9-7-12)23(21,22)18-15-5-3-2-4-14(15)16(20)17-10-11-19/h2-9,18-19H,10-11H2,1H3,(H,17,20). The lowest BCUT2D eigenvalue weighted by atomic mass is 10.2. The number of aryl methyl sites for hydroxylation is 1. The fourth-order valence-electron chi connectivity index (χ4n) is 1.96. The van der Waals surface area contributed by atoms with Crippen molar-refractivity contribution in [2.45, 2.75) is 11.8 Å². The van der Waals surface area contributed by atoms with Crippen molar-refractivity contribution in [3.8, 4) is 0 Å². The SMILES string of the molecule is Cc1ccc(S(=O)(=O)Nc2ccccc2C(=O)NCCO)cc1. The Labute approximate surface area is 135 Å². The molecule has 0 heterocycles. The van der Waals surface area contributed by atoms with E-state index >= 15 is 0 Å². The lowest BCUT2D eigenvalue weighted by Gasteiger charge is -2.12. The Morgan fingerprint density at radius 3 is 2.39 bits per heavy atom. The summed E-state index contributed by atoms with van der Waals surface area (Å²) in [4.78, 5) is 12.2. The first-order valence-electron chi connectivity index (χ1n) is 7.01. The number of hydrogen-bond donors (Lipinski definition) is 3. The zero-order valence-corrected chi connectivity index (χ0v) is 13.4. The van der Waals surface area contributed by atoms with Gasteiger partial charge in [-0.15, -0.1) is 0 Å². The van der Waals surface area contributed by atoms with Crippen LogP contribution in [-0.2, 0) is 10.0 Å². The van der Waals surface area contributed by atoms with Crippen molar-refractivity contribution in [1.82, 2.24) is 5.32 Å². The molecular formula is C16H18N2O4S. The molecule has 0 saturated heterocycles. The number of carbonyl (C=O) groups is 1. The Bertz CT molecular complexity index is 786. The van der Waals surface area contributed by atoms with E-state index in [9.17, 15) is 13.2 Å². The first-order valence-corrected chi connectivity index (χ1v) is 8.50. The summed E-state index contributed by atoms with van der Waals surface area (Å²) in [6, 6.07) is 12.7. The van der Waals surface area contributed by atoms with Gasteiger partial charge in [0.1, 0.15) is 0 Å². The number of sulfonamides is 1. The predicted molar refractivity (Wildman–Crippen MR) is 87.8 cm³/mol. The molecule has 2 aromatic rings. The molecule has 1 amide bonds. The first-order chi connectivity index (χ1) is 10.9. The fraction of sp³-hybridized carbons (Fsp3) is 0.188. The van der Waals surface area contributed by atoms with E-state index in [0.717, 1.165) is 5.56 Å². The highest BCUT2D eigenvalue weighted by Gasteiger charge is 2.18. The van der Waals surface area contributed by atoms with Crippen molar-refractivity contribution in [1.29, 1.82) is 0 Å². The molecule has 0 fully saturated rings. The second kappa shape index (κ2) is 7.26. The summed E-state index contributed by atoms with van der Waals surface area (Å²) in [5.74, 6) is -0.457. The van der Waals surface area contributed by atoms with Crippen molar-refractivity contribution in [3.05, 3.63) is 59.7 Å². The topological polar surface area (TPSA) is 95.5 Å². The molecule has 7 heteroatoms. The number of nitrogens with one attached hydrogen (secondary N) is 2. The highest BCUT2D eigenvalue weighted by Crippen LogP contribution is 2.20. The zero-order chi connectivity index (χ0) is 16.9. The van der Waals surface area contributed by atoms with Gasteiger partial charge in [-0.2, -0.15) is 0 Å². The van der Waals surface area contributed by atoms with Crippen LogP contribution in [-0.4, -0.2) is 32.6 Å². The Balaban J connectivity index is 2.29. The van der Waals surface area contributed by atoms with Gasteiger partial charge in [0, 0.05) is 6.54 Å². The van der Waals surface area contributed by atoms with Crippen LogP contribution in [0.15, 0.2) is 53.4 Å². The maximum Gasteiger partial charge on any atom is 0.261 e. The van der Waals surface area contributed by atoms with Crippen LogP contribution in [0.2, 0.25) is 0 Å². The van der Waals surface area contributed by atoms with Crippen LogP contribution < -0.4 is 10.0 Å². The van der Waals surface area contributed by atoms with E-state index in [-0.39, 0.29) is 29.3 Å². The third kappa shape index (κ3) is 4.30. The third-order valence-electron chi connectivity index (χ3n) is 3.14. The van der Waals surface area contributed by atoms with Gasteiger partial charge in [-0.25, -0.2) is 8.42 Å². The molecule has 3 N–H and O–H groups in total. The fourth-order valence-corrected chi connectivity index (χ4v) is 3.04. The summed E-state index contributed by atoms with van der Waals surface area (Å²) in [5, 5.41) is 11.3. The summed E-state index contributed by atoms with van der Waals surface area (Å²) >= 11 is 0. The van der Waals surface area contributed by atoms with E-state index in [1.165, 1.54) is 24.3 Å². The van der Waals surface area contributed by atoms with Crippen LogP contribution in [0, 0.1) is 6.92 Å². The van der Waals surface area contributed by atoms with Crippen LogP contribution in [0.25, 0.3) is 0 Å². The number of hydrogen-bond acceptors (Lipinski definition) is 4. The van der Waals surface area contributed by atoms with Gasteiger partial charge in [0.05, 0.1) is 22.8 Å². The lowest BCUT2D eigenvalue weighted by Crippen LogP contribution is -2.27. The molecule has 0 atom stereocenters. The highest BCUT2D eigenvalue weighted by molar-refractivity contribution is 7.92. The molecule has 6 nitrogen and oxygen atoms in total. The number of aliphatic hydroxyl groups is 1. The number of amides is 1. The van der Waals surface area contributed by atoms with E-state index in [2.05, 4.69) is 10.0 Å². The lowest BCUT2D eigenvalue weighted by molar-refractivity contribution is 0.0945. The first kappa shape index (κ1) is 17.0. The highest BCUT2D eigenvalue weighted by atomic mass is 32.2. The minimum Gasteiger partial charge on any atom is -0.395 e. The van der Waals surface area contributed by atoms with Gasteiger partial charge in [0.25, 0.3) is 15.9 Å². The molecule has 0 aliphatic heterocycles. The van der Waals surface area contributed by atoms with E-state index < -0.39 is 15.9 Å². The Hall–Kier alpha value is -2.38. The number of benzene rings is 2. The molecular weight excluding hydrogens is 316 g/mol. The van der Waals surface area contributed by atoms with E-state index in [1.54, 1.807) is 24.3 Å². The van der Waals surface area contributed by atoms with Crippen LogP contribution in [0.1, 0.15) is 15.9 Å². The zero-order valence-electron chi connectivity index (χ0n) is 12.6. The molecule has 122 valence electrons. The molecule has 0 radical (unpaired) electrons. The second-order valence-corrected chi connectivity index (χ2v) is 6.63. The Morgan fingerprint density at radius 1 is 1.09 bits per heavy atom. The minimum absolute atomic E-state index is 0.0951. The minimum atomic E-state index is -3.79. The molecule has 0 spiro atoms. The summed E-state index contributed by atoms with van der Waals surface area (Å²) < 4.78 is 27.3. The predicted octanol–water partition coefficient (Wildman–Crippen LogP) is 1.52. The van der Waals surface area contributed by atoms with Crippen molar-refractivity contribution in [2.24, 2.45) is 0 Å². The van der Waals surface area contributed by atoms with E-state index in [0.29, 0.717) is 0 Å². The van der Waals surface area contributed by atoms with Crippen LogP contribution in [0.3, 0.4) is 0 Å². The maximum atomic E-state index is 12.4. The van der Waals surface area contributed by atoms with Gasteiger partial charge < -0.3 is 10.4 Å². The molecule has 0 saturated carbocycles. The summed E-state index contributed by atoms with van der Waals surface area (Å²) in [6.07, 6.45) is 0. The summed E-state index contributed by atoms with van der Waals surface area (Å²) in [6.45, 7) is 1.77. The van der Waals surface area contributed by atoms with Crippen molar-refractivity contribution in [3.63, 3.8) is 0 Å². The Kier molecular flexibility index (Phi) is 5.36. The van der Waals surface area contributed by atoms with Crippen molar-refractivity contribution >= 4 is 21.6 Å². The van der Waals surface area contributed by atoms with Gasteiger partial charge in [0.2, 0.25) is 0 Å². The van der Waals surface area contributed by atoms with Gasteiger partial charge >= 0.3 is 0 Å². The van der Waals surface area contributed by atoms with Gasteiger partial charge in [-0.1, -0.05) is 29.8 Å². The normalized spacial score (nSPS) is 11.0. The number of carbonyl (C=O) groups excluding carboxylic acids is 1. The molecule has 23 heavy (non-hydrogen) atoms. The van der Waals surface area contributed by atoms with Crippen molar-refractivity contribution in [2.75, 3.05) is 17.9 Å². The number of anilines is 1.